The zero-order valence-corrected chi connectivity index (χ0v) is 12.4. The van der Waals surface area contributed by atoms with Crippen molar-refractivity contribution >= 4 is 14.1 Å². The fourth-order valence-electron chi connectivity index (χ4n) is 1.05. The van der Waals surface area contributed by atoms with Gasteiger partial charge in [0.2, 0.25) is 0 Å². The molecule has 0 aliphatic carbocycles. The summed E-state index contributed by atoms with van der Waals surface area (Å²) in [5.74, 6) is 0.132. The second-order valence-corrected chi connectivity index (χ2v) is 10.5. The molecule has 0 spiro atoms. The Morgan fingerprint density at radius 1 is 1.31 bits per heavy atom. The lowest BCUT2D eigenvalue weighted by Gasteiger charge is -2.36. The Bertz CT molecular complexity index is 239. The zero-order chi connectivity index (χ0) is 12.8. The highest BCUT2D eigenvalue weighted by molar-refractivity contribution is 6.74. The van der Waals surface area contributed by atoms with Crippen molar-refractivity contribution in [3.8, 4) is 0 Å². The van der Waals surface area contributed by atoms with E-state index < -0.39 is 8.32 Å². The van der Waals surface area contributed by atoms with Crippen molar-refractivity contribution in [2.75, 3.05) is 6.61 Å². The van der Waals surface area contributed by atoms with Gasteiger partial charge in [0.1, 0.15) is 0 Å². The molecule has 0 aromatic carbocycles. The number of hydrogen-bond donors (Lipinski definition) is 0. The Labute approximate surface area is 101 Å². The van der Waals surface area contributed by atoms with Gasteiger partial charge in [-0.05, 0) is 37.0 Å². The largest absolute Gasteiger partial charge is 0.417 e. The van der Waals surface area contributed by atoms with Crippen LogP contribution in [-0.2, 0) is 9.22 Å². The van der Waals surface area contributed by atoms with E-state index in [1.54, 1.807) is 0 Å². The van der Waals surface area contributed by atoms with Crippen molar-refractivity contribution < 1.29 is 9.22 Å². The predicted octanol–water partition coefficient (Wildman–Crippen LogP) is 3.93. The number of unbranched alkanes of at least 4 members (excludes halogenated alkanes) is 1. The topological polar surface area (TPSA) is 26.3 Å². The molecule has 0 saturated heterocycles. The molecule has 0 rings (SSSR count). The van der Waals surface area contributed by atoms with Crippen LogP contribution in [0.5, 0.6) is 0 Å². The fourth-order valence-corrected chi connectivity index (χ4v) is 2.13. The Kier molecular flexibility index (Phi) is 6.19. The monoisotopic (exact) mass is 242 g/mol. The molecule has 0 aliphatic rings. The minimum absolute atomic E-state index is 0.132. The fraction of sp³-hybridized carbons (Fsp3) is 0.769. The average Bonchev–Trinajstić information content (AvgIpc) is 2.15. The molecule has 2 nitrogen and oxygen atoms in total. The Hall–Kier alpha value is -0.413. The first-order valence-electron chi connectivity index (χ1n) is 6.00. The molecular weight excluding hydrogens is 216 g/mol. The molecule has 0 aromatic heterocycles. The first kappa shape index (κ1) is 15.6. The van der Waals surface area contributed by atoms with E-state index in [0.29, 0.717) is 6.42 Å². The molecule has 0 N–H and O–H groups in total. The maximum Gasteiger partial charge on any atom is 0.191 e. The Morgan fingerprint density at radius 2 is 1.88 bits per heavy atom. The number of rotatable bonds is 7. The maximum absolute atomic E-state index is 11.0. The molecule has 94 valence electrons. The lowest BCUT2D eigenvalue weighted by Crippen LogP contribution is -2.40. The van der Waals surface area contributed by atoms with Crippen LogP contribution in [0.2, 0.25) is 18.1 Å². The Morgan fingerprint density at radius 3 is 2.31 bits per heavy atom. The third-order valence-electron chi connectivity index (χ3n) is 3.31. The quantitative estimate of drug-likeness (QED) is 0.384. The summed E-state index contributed by atoms with van der Waals surface area (Å²) < 4.78 is 6.01. The lowest BCUT2D eigenvalue weighted by atomic mass is 10.2. The van der Waals surface area contributed by atoms with Crippen LogP contribution in [0.25, 0.3) is 0 Å². The highest BCUT2D eigenvalue weighted by atomic mass is 28.4. The third-order valence-corrected chi connectivity index (χ3v) is 7.85. The lowest BCUT2D eigenvalue weighted by molar-refractivity contribution is -0.114. The molecular formula is C13H26O2Si. The maximum atomic E-state index is 11.0. The molecule has 0 radical (unpaired) electrons. The van der Waals surface area contributed by atoms with E-state index in [-0.39, 0.29) is 10.8 Å². The summed E-state index contributed by atoms with van der Waals surface area (Å²) in [4.78, 5) is 11.0. The molecule has 0 amide bonds. The minimum atomic E-state index is -1.60. The Balaban J connectivity index is 3.75. The number of carbonyl (C=O) groups excluding carboxylic acids is 1. The average molecular weight is 242 g/mol. The second-order valence-electron chi connectivity index (χ2n) is 5.74. The summed E-state index contributed by atoms with van der Waals surface area (Å²) in [6.45, 7) is 15.4. The number of carbonyl (C=O) groups is 1. The van der Waals surface area contributed by atoms with Crippen molar-refractivity contribution in [2.24, 2.45) is 0 Å². The van der Waals surface area contributed by atoms with Crippen LogP contribution < -0.4 is 0 Å². The van der Waals surface area contributed by atoms with E-state index >= 15 is 0 Å². The molecule has 0 fully saturated rings. The van der Waals surface area contributed by atoms with Gasteiger partial charge in [-0.25, -0.2) is 0 Å². The van der Waals surface area contributed by atoms with Gasteiger partial charge in [-0.2, -0.15) is 0 Å². The second kappa shape index (κ2) is 6.35. The van der Waals surface area contributed by atoms with Gasteiger partial charge in [0, 0.05) is 13.0 Å². The van der Waals surface area contributed by atoms with E-state index in [0.717, 1.165) is 19.4 Å². The van der Waals surface area contributed by atoms with Crippen LogP contribution in [-0.4, -0.2) is 20.7 Å². The molecule has 16 heavy (non-hydrogen) atoms. The van der Waals surface area contributed by atoms with Crippen LogP contribution in [0.4, 0.5) is 0 Å². The molecule has 0 saturated carbocycles. The summed E-state index contributed by atoms with van der Waals surface area (Å²) in [6, 6.07) is 0. The summed E-state index contributed by atoms with van der Waals surface area (Å²) >= 11 is 0. The van der Waals surface area contributed by atoms with Gasteiger partial charge in [0.15, 0.2) is 14.1 Å². The minimum Gasteiger partial charge on any atom is -0.417 e. The van der Waals surface area contributed by atoms with E-state index in [1.807, 2.05) is 0 Å². The van der Waals surface area contributed by atoms with E-state index in [4.69, 9.17) is 4.43 Å². The first-order chi connectivity index (χ1) is 7.20. The molecule has 3 heteroatoms. The standard InChI is InChI=1S/C13H26O2Si/c1-7-12(14)10-8-9-11-15-16(5,6)13(2,3)4/h7H,1,8-11H2,2-6H3. The highest BCUT2D eigenvalue weighted by Gasteiger charge is 2.36. The SMILES string of the molecule is C=CC(=O)CCCCO[Si](C)(C)C(C)(C)C. The first-order valence-corrected chi connectivity index (χ1v) is 8.91. The van der Waals surface area contributed by atoms with Crippen LogP contribution in [0.15, 0.2) is 12.7 Å². The summed E-state index contributed by atoms with van der Waals surface area (Å²) in [6.07, 6.45) is 3.87. The van der Waals surface area contributed by atoms with Crippen LogP contribution >= 0.6 is 0 Å². The van der Waals surface area contributed by atoms with Crippen molar-refractivity contribution in [1.29, 1.82) is 0 Å². The smallest absolute Gasteiger partial charge is 0.191 e. The normalized spacial score (nSPS) is 12.6. The molecule has 0 unspecified atom stereocenters. The van der Waals surface area contributed by atoms with E-state index in [1.165, 1.54) is 6.08 Å². The van der Waals surface area contributed by atoms with Crippen LogP contribution in [0.3, 0.4) is 0 Å². The molecule has 0 atom stereocenters. The van der Waals surface area contributed by atoms with Crippen molar-refractivity contribution in [3.63, 3.8) is 0 Å². The molecule has 0 aliphatic heterocycles. The van der Waals surface area contributed by atoms with E-state index in [9.17, 15) is 4.79 Å². The van der Waals surface area contributed by atoms with Gasteiger partial charge in [0.25, 0.3) is 0 Å². The highest BCUT2D eigenvalue weighted by Crippen LogP contribution is 2.36. The summed E-state index contributed by atoms with van der Waals surface area (Å²) in [7, 11) is -1.60. The molecule has 0 heterocycles. The van der Waals surface area contributed by atoms with Crippen molar-refractivity contribution in [1.82, 2.24) is 0 Å². The van der Waals surface area contributed by atoms with Crippen molar-refractivity contribution in [2.45, 2.75) is 58.2 Å². The third kappa shape index (κ3) is 5.61. The van der Waals surface area contributed by atoms with Gasteiger partial charge >= 0.3 is 0 Å². The van der Waals surface area contributed by atoms with Crippen LogP contribution in [0.1, 0.15) is 40.0 Å². The van der Waals surface area contributed by atoms with E-state index in [2.05, 4.69) is 40.4 Å². The van der Waals surface area contributed by atoms with Gasteiger partial charge < -0.3 is 4.43 Å². The summed E-state index contributed by atoms with van der Waals surface area (Å²) in [5, 5.41) is 0.268. The number of hydrogen-bond acceptors (Lipinski definition) is 2. The number of allylic oxidation sites excluding steroid dienone is 1. The predicted molar refractivity (Wildman–Crippen MR) is 72.2 cm³/mol. The number of ketones is 1. The summed E-state index contributed by atoms with van der Waals surface area (Å²) in [5.41, 5.74) is 0. The van der Waals surface area contributed by atoms with Gasteiger partial charge in [0.05, 0.1) is 0 Å². The van der Waals surface area contributed by atoms with Gasteiger partial charge in [-0.3, -0.25) is 4.79 Å². The van der Waals surface area contributed by atoms with Gasteiger partial charge in [-0.1, -0.05) is 27.4 Å². The molecule has 0 aromatic rings. The zero-order valence-electron chi connectivity index (χ0n) is 11.4. The van der Waals surface area contributed by atoms with Gasteiger partial charge in [-0.15, -0.1) is 0 Å². The molecule has 0 bridgehead atoms. The van der Waals surface area contributed by atoms with Crippen LogP contribution in [0, 0.1) is 0 Å². The van der Waals surface area contributed by atoms with Crippen molar-refractivity contribution in [3.05, 3.63) is 12.7 Å².